The number of carbonyl (C=O) groups excluding carboxylic acids is 1. The molecule has 3 nitrogen and oxygen atoms in total. The van der Waals surface area contributed by atoms with E-state index in [2.05, 4.69) is 6.58 Å². The van der Waals surface area contributed by atoms with E-state index >= 15 is 0 Å². The fraction of sp³-hybridized carbons (Fsp3) is 0.357. The van der Waals surface area contributed by atoms with Gasteiger partial charge in [-0.3, -0.25) is 4.79 Å². The van der Waals surface area contributed by atoms with E-state index in [4.69, 9.17) is 4.74 Å². The van der Waals surface area contributed by atoms with Gasteiger partial charge in [-0.2, -0.15) is 0 Å². The second-order valence-corrected chi connectivity index (χ2v) is 4.41. The number of carbonyl (C=O) groups is 1. The van der Waals surface area contributed by atoms with Crippen LogP contribution in [0.5, 0.6) is 0 Å². The zero-order chi connectivity index (χ0) is 12.3. The molecule has 1 fully saturated rings. The van der Waals surface area contributed by atoms with Crippen molar-refractivity contribution in [3.8, 4) is 0 Å². The SMILES string of the molecule is C=C(C)C(=O)N1CC(OCc2ccccc2)C1. The number of hydrogen-bond donors (Lipinski definition) is 0. The molecular weight excluding hydrogens is 214 g/mol. The maximum atomic E-state index is 11.5. The summed E-state index contributed by atoms with van der Waals surface area (Å²) in [6, 6.07) is 10.1. The van der Waals surface area contributed by atoms with Crippen LogP contribution in [0.15, 0.2) is 42.5 Å². The number of amides is 1. The smallest absolute Gasteiger partial charge is 0.249 e. The number of likely N-dealkylation sites (tertiary alicyclic amines) is 1. The molecule has 1 aromatic rings. The number of hydrogen-bond acceptors (Lipinski definition) is 2. The summed E-state index contributed by atoms with van der Waals surface area (Å²) >= 11 is 0. The molecule has 1 aliphatic heterocycles. The fourth-order valence-corrected chi connectivity index (χ4v) is 1.77. The molecule has 0 atom stereocenters. The Hall–Kier alpha value is -1.61. The summed E-state index contributed by atoms with van der Waals surface area (Å²) in [6.07, 6.45) is 0.165. The first-order valence-electron chi connectivity index (χ1n) is 5.77. The molecule has 0 radical (unpaired) electrons. The van der Waals surface area contributed by atoms with E-state index in [0.29, 0.717) is 25.3 Å². The molecule has 0 spiro atoms. The lowest BCUT2D eigenvalue weighted by Gasteiger charge is -2.39. The van der Waals surface area contributed by atoms with Gasteiger partial charge in [0.1, 0.15) is 0 Å². The highest BCUT2D eigenvalue weighted by molar-refractivity contribution is 5.92. The predicted octanol–water partition coefficient (Wildman–Crippen LogP) is 1.99. The molecule has 17 heavy (non-hydrogen) atoms. The fourth-order valence-electron chi connectivity index (χ4n) is 1.77. The second kappa shape index (κ2) is 5.15. The van der Waals surface area contributed by atoms with Gasteiger partial charge in [-0.05, 0) is 12.5 Å². The molecule has 0 bridgehead atoms. The Morgan fingerprint density at radius 3 is 2.65 bits per heavy atom. The van der Waals surface area contributed by atoms with Crippen molar-refractivity contribution >= 4 is 5.91 Å². The molecular formula is C14H17NO2. The average Bonchev–Trinajstić information content (AvgIpc) is 2.28. The van der Waals surface area contributed by atoms with Crippen LogP contribution >= 0.6 is 0 Å². The van der Waals surface area contributed by atoms with Crippen LogP contribution in [0.4, 0.5) is 0 Å². The first kappa shape index (κ1) is 11.9. The number of nitrogens with zero attached hydrogens (tertiary/aromatic N) is 1. The first-order chi connectivity index (χ1) is 8.16. The van der Waals surface area contributed by atoms with E-state index in [1.807, 2.05) is 30.3 Å². The Morgan fingerprint density at radius 2 is 2.06 bits per heavy atom. The summed E-state index contributed by atoms with van der Waals surface area (Å²) in [5.74, 6) is 0.0320. The van der Waals surface area contributed by atoms with Crippen LogP contribution in [0.1, 0.15) is 12.5 Å². The lowest BCUT2D eigenvalue weighted by atomic mass is 10.1. The predicted molar refractivity (Wildman–Crippen MR) is 66.4 cm³/mol. The van der Waals surface area contributed by atoms with Crippen LogP contribution < -0.4 is 0 Å². The molecule has 1 amide bonds. The van der Waals surface area contributed by atoms with E-state index in [1.54, 1.807) is 11.8 Å². The first-order valence-corrected chi connectivity index (χ1v) is 5.77. The molecule has 90 valence electrons. The quantitative estimate of drug-likeness (QED) is 0.742. The molecule has 0 aliphatic carbocycles. The molecule has 0 aromatic heterocycles. The normalized spacial score (nSPS) is 15.5. The molecule has 2 rings (SSSR count). The van der Waals surface area contributed by atoms with Crippen LogP contribution in [-0.4, -0.2) is 30.0 Å². The van der Waals surface area contributed by atoms with E-state index in [9.17, 15) is 4.79 Å². The Balaban J connectivity index is 1.71. The minimum Gasteiger partial charge on any atom is -0.370 e. The van der Waals surface area contributed by atoms with E-state index in [1.165, 1.54) is 0 Å². The molecule has 1 aliphatic rings. The van der Waals surface area contributed by atoms with Crippen LogP contribution in [0.25, 0.3) is 0 Å². The molecule has 1 aromatic carbocycles. The van der Waals surface area contributed by atoms with Crippen LogP contribution in [0, 0.1) is 0 Å². The third-order valence-electron chi connectivity index (χ3n) is 2.83. The van der Waals surface area contributed by atoms with Crippen molar-refractivity contribution in [3.05, 3.63) is 48.0 Å². The Labute approximate surface area is 102 Å². The topological polar surface area (TPSA) is 29.5 Å². The van der Waals surface area contributed by atoms with Gasteiger partial charge in [0.2, 0.25) is 5.91 Å². The molecule has 3 heteroatoms. The van der Waals surface area contributed by atoms with Gasteiger partial charge in [-0.15, -0.1) is 0 Å². The van der Waals surface area contributed by atoms with Crippen molar-refractivity contribution < 1.29 is 9.53 Å². The van der Waals surface area contributed by atoms with Crippen molar-refractivity contribution in [2.75, 3.05) is 13.1 Å². The van der Waals surface area contributed by atoms with Gasteiger partial charge in [0.05, 0.1) is 12.7 Å². The van der Waals surface area contributed by atoms with Crippen molar-refractivity contribution in [2.45, 2.75) is 19.6 Å². The summed E-state index contributed by atoms with van der Waals surface area (Å²) in [5.41, 5.74) is 1.75. The second-order valence-electron chi connectivity index (χ2n) is 4.41. The summed E-state index contributed by atoms with van der Waals surface area (Å²) in [5, 5.41) is 0. The van der Waals surface area contributed by atoms with Gasteiger partial charge in [-0.1, -0.05) is 36.9 Å². The van der Waals surface area contributed by atoms with Gasteiger partial charge < -0.3 is 9.64 Å². The summed E-state index contributed by atoms with van der Waals surface area (Å²) in [4.78, 5) is 13.3. The zero-order valence-electron chi connectivity index (χ0n) is 10.1. The van der Waals surface area contributed by atoms with Crippen molar-refractivity contribution in [3.63, 3.8) is 0 Å². The monoisotopic (exact) mass is 231 g/mol. The highest BCUT2D eigenvalue weighted by atomic mass is 16.5. The van der Waals surface area contributed by atoms with Crippen molar-refractivity contribution in [2.24, 2.45) is 0 Å². The average molecular weight is 231 g/mol. The minimum absolute atomic E-state index is 0.0320. The Morgan fingerprint density at radius 1 is 1.41 bits per heavy atom. The minimum atomic E-state index is 0.0320. The van der Waals surface area contributed by atoms with Gasteiger partial charge in [0.25, 0.3) is 0 Å². The van der Waals surface area contributed by atoms with Gasteiger partial charge >= 0.3 is 0 Å². The highest BCUT2D eigenvalue weighted by Gasteiger charge is 2.31. The third-order valence-corrected chi connectivity index (χ3v) is 2.83. The summed E-state index contributed by atoms with van der Waals surface area (Å²) < 4.78 is 5.70. The lowest BCUT2D eigenvalue weighted by molar-refractivity contribution is -0.141. The van der Waals surface area contributed by atoms with Gasteiger partial charge in [0, 0.05) is 18.7 Å². The maximum Gasteiger partial charge on any atom is 0.249 e. The molecule has 0 N–H and O–H groups in total. The van der Waals surface area contributed by atoms with Crippen molar-refractivity contribution in [1.82, 2.24) is 4.90 Å². The van der Waals surface area contributed by atoms with Gasteiger partial charge in [0.15, 0.2) is 0 Å². The lowest BCUT2D eigenvalue weighted by Crippen LogP contribution is -2.54. The van der Waals surface area contributed by atoms with Crippen LogP contribution in [0.3, 0.4) is 0 Å². The molecule has 1 saturated heterocycles. The van der Waals surface area contributed by atoms with Crippen LogP contribution in [-0.2, 0) is 16.1 Å². The molecule has 0 saturated carbocycles. The number of rotatable bonds is 4. The summed E-state index contributed by atoms with van der Waals surface area (Å²) in [7, 11) is 0. The molecule has 1 heterocycles. The Bertz CT molecular complexity index is 407. The zero-order valence-corrected chi connectivity index (χ0v) is 10.1. The summed E-state index contributed by atoms with van der Waals surface area (Å²) in [6.45, 7) is 7.35. The van der Waals surface area contributed by atoms with E-state index in [-0.39, 0.29) is 12.0 Å². The molecule has 0 unspecified atom stereocenters. The van der Waals surface area contributed by atoms with Gasteiger partial charge in [-0.25, -0.2) is 0 Å². The largest absolute Gasteiger partial charge is 0.370 e. The van der Waals surface area contributed by atoms with E-state index in [0.717, 1.165) is 5.56 Å². The van der Waals surface area contributed by atoms with E-state index < -0.39 is 0 Å². The Kier molecular flexibility index (Phi) is 3.59. The standard InChI is InChI=1S/C14H17NO2/c1-11(2)14(16)15-8-13(9-15)17-10-12-6-4-3-5-7-12/h3-7,13H,1,8-10H2,2H3. The maximum absolute atomic E-state index is 11.5. The number of benzene rings is 1. The third kappa shape index (κ3) is 2.94. The number of ether oxygens (including phenoxy) is 1. The highest BCUT2D eigenvalue weighted by Crippen LogP contribution is 2.16. The van der Waals surface area contributed by atoms with Crippen molar-refractivity contribution in [1.29, 1.82) is 0 Å². The van der Waals surface area contributed by atoms with Crippen LogP contribution in [0.2, 0.25) is 0 Å².